The number of hydrogen-bond donors (Lipinski definition) is 0. The Kier molecular flexibility index (Phi) is 7.06. The van der Waals surface area contributed by atoms with Gasteiger partial charge in [-0.1, -0.05) is 18.2 Å². The van der Waals surface area contributed by atoms with Crippen LogP contribution in [0.1, 0.15) is 37.3 Å². The fourth-order valence-electron chi connectivity index (χ4n) is 3.59. The summed E-state index contributed by atoms with van der Waals surface area (Å²) >= 11 is 0. The summed E-state index contributed by atoms with van der Waals surface area (Å²) in [7, 11) is 1.57. The molecule has 0 N–H and O–H groups in total. The van der Waals surface area contributed by atoms with Crippen LogP contribution in [0.5, 0.6) is 0 Å². The molecule has 0 aliphatic carbocycles. The van der Waals surface area contributed by atoms with Crippen molar-refractivity contribution >= 4 is 5.97 Å². The van der Waals surface area contributed by atoms with Gasteiger partial charge < -0.3 is 9.47 Å². The number of rotatable bonds is 7. The van der Waals surface area contributed by atoms with Crippen LogP contribution in [0.15, 0.2) is 24.3 Å². The van der Waals surface area contributed by atoms with E-state index in [1.54, 1.807) is 20.1 Å². The molecule has 7 heteroatoms. The Balaban J connectivity index is 2.20. The van der Waals surface area contributed by atoms with Gasteiger partial charge in [-0.3, -0.25) is 9.69 Å². The van der Waals surface area contributed by atoms with E-state index >= 15 is 0 Å². The average molecular weight is 373 g/mol. The van der Waals surface area contributed by atoms with Crippen molar-refractivity contribution in [2.45, 2.75) is 38.9 Å². The van der Waals surface area contributed by atoms with Gasteiger partial charge in [0.15, 0.2) is 0 Å². The highest BCUT2D eigenvalue weighted by Gasteiger charge is 2.43. The second-order valence-electron chi connectivity index (χ2n) is 6.71. The molecule has 26 heavy (non-hydrogen) atoms. The largest absolute Gasteiger partial charge is 0.466 e. The number of ether oxygens (including phenoxy) is 2. The zero-order valence-corrected chi connectivity index (χ0v) is 15.3. The van der Waals surface area contributed by atoms with Crippen LogP contribution in [0, 0.1) is 5.41 Å². The van der Waals surface area contributed by atoms with Crippen LogP contribution in [0.2, 0.25) is 0 Å². The van der Waals surface area contributed by atoms with E-state index in [9.17, 15) is 18.0 Å². The Bertz CT molecular complexity index is 606. The number of methoxy groups -OCH3 is 1. The molecule has 1 aromatic carbocycles. The monoisotopic (exact) mass is 373 g/mol. The number of alkyl halides is 3. The average Bonchev–Trinajstić information content (AvgIpc) is 2.60. The minimum Gasteiger partial charge on any atom is -0.466 e. The van der Waals surface area contributed by atoms with E-state index in [2.05, 4.69) is 0 Å². The molecule has 0 radical (unpaired) electrons. The molecule has 0 spiro atoms. The number of esters is 1. The smallest absolute Gasteiger partial charge is 0.416 e. The first-order valence-electron chi connectivity index (χ1n) is 8.86. The zero-order valence-electron chi connectivity index (χ0n) is 15.3. The van der Waals surface area contributed by atoms with E-state index in [0.717, 1.165) is 12.5 Å². The van der Waals surface area contributed by atoms with Gasteiger partial charge in [0.25, 0.3) is 0 Å². The van der Waals surface area contributed by atoms with Gasteiger partial charge in [0.2, 0.25) is 0 Å². The molecule has 1 unspecified atom stereocenters. The van der Waals surface area contributed by atoms with Crippen molar-refractivity contribution < 1.29 is 27.4 Å². The van der Waals surface area contributed by atoms with E-state index in [1.807, 2.05) is 4.90 Å². The molecule has 1 heterocycles. The highest BCUT2D eigenvalue weighted by atomic mass is 19.4. The molecule has 0 amide bonds. The minimum atomic E-state index is -4.39. The van der Waals surface area contributed by atoms with Crippen molar-refractivity contribution in [1.29, 1.82) is 0 Å². The first kappa shape index (κ1) is 20.7. The van der Waals surface area contributed by atoms with Crippen LogP contribution >= 0.6 is 0 Å². The van der Waals surface area contributed by atoms with E-state index in [0.29, 0.717) is 32.5 Å². The topological polar surface area (TPSA) is 38.8 Å². The van der Waals surface area contributed by atoms with Gasteiger partial charge in [-0.2, -0.15) is 13.2 Å². The van der Waals surface area contributed by atoms with Crippen molar-refractivity contribution in [3.8, 4) is 0 Å². The lowest BCUT2D eigenvalue weighted by molar-refractivity contribution is -0.161. The molecule has 1 aliphatic rings. The Morgan fingerprint density at radius 1 is 1.31 bits per heavy atom. The van der Waals surface area contributed by atoms with Crippen LogP contribution in [-0.2, 0) is 27.0 Å². The molecule has 0 aromatic heterocycles. The van der Waals surface area contributed by atoms with E-state index < -0.39 is 17.2 Å². The van der Waals surface area contributed by atoms with Crippen LogP contribution in [0.4, 0.5) is 13.2 Å². The van der Waals surface area contributed by atoms with Crippen LogP contribution in [0.25, 0.3) is 0 Å². The Morgan fingerprint density at radius 2 is 2.04 bits per heavy atom. The van der Waals surface area contributed by atoms with Gasteiger partial charge in [-0.15, -0.1) is 0 Å². The molecular formula is C19H26F3NO3. The van der Waals surface area contributed by atoms with E-state index in [4.69, 9.17) is 9.47 Å². The summed E-state index contributed by atoms with van der Waals surface area (Å²) in [5.74, 6) is -0.286. The third kappa shape index (κ3) is 4.98. The molecule has 0 bridgehead atoms. The second kappa shape index (κ2) is 8.86. The van der Waals surface area contributed by atoms with Crippen LogP contribution in [0.3, 0.4) is 0 Å². The molecule has 1 aliphatic heterocycles. The van der Waals surface area contributed by atoms with Crippen LogP contribution < -0.4 is 0 Å². The highest BCUT2D eigenvalue weighted by molar-refractivity contribution is 5.77. The summed E-state index contributed by atoms with van der Waals surface area (Å²) in [5.41, 5.74) is -1.12. The van der Waals surface area contributed by atoms with Crippen molar-refractivity contribution in [2.24, 2.45) is 5.41 Å². The van der Waals surface area contributed by atoms with E-state index in [-0.39, 0.29) is 24.7 Å². The molecule has 1 saturated heterocycles. The maximum Gasteiger partial charge on any atom is 0.416 e. The molecule has 146 valence electrons. The first-order chi connectivity index (χ1) is 12.3. The molecule has 4 nitrogen and oxygen atoms in total. The third-order valence-electron chi connectivity index (χ3n) is 4.87. The predicted octanol–water partition coefficient (Wildman–Crippen LogP) is 3.89. The summed E-state index contributed by atoms with van der Waals surface area (Å²) < 4.78 is 50.1. The molecule has 2 rings (SSSR count). The number of piperidine rings is 1. The molecular weight excluding hydrogens is 347 g/mol. The summed E-state index contributed by atoms with van der Waals surface area (Å²) in [6.07, 6.45) is -2.50. The predicted molar refractivity (Wildman–Crippen MR) is 91.5 cm³/mol. The molecule has 1 fully saturated rings. The summed E-state index contributed by atoms with van der Waals surface area (Å²) in [6.45, 7) is 3.63. The molecule has 1 atom stereocenters. The lowest BCUT2D eigenvalue weighted by Crippen LogP contribution is -2.49. The maximum absolute atomic E-state index is 13.2. The number of carbonyl (C=O) groups is 1. The van der Waals surface area contributed by atoms with Gasteiger partial charge in [-0.05, 0) is 44.4 Å². The maximum atomic E-state index is 13.2. The quantitative estimate of drug-likeness (QED) is 0.680. The number of carbonyl (C=O) groups excluding carboxylic acids is 1. The number of hydrogen-bond acceptors (Lipinski definition) is 4. The molecule has 0 saturated carbocycles. The Labute approximate surface area is 152 Å². The van der Waals surface area contributed by atoms with Crippen molar-refractivity contribution in [1.82, 2.24) is 4.90 Å². The summed E-state index contributed by atoms with van der Waals surface area (Å²) in [4.78, 5) is 14.5. The number of likely N-dealkylation sites (tertiary alicyclic amines) is 1. The summed E-state index contributed by atoms with van der Waals surface area (Å²) in [5, 5.41) is 0. The number of benzene rings is 1. The standard InChI is InChI=1S/C19H26F3NO3/c1-3-26-17(24)18(10-12-25-2)9-6-11-23(14-18)13-15-7-4-5-8-16(15)19(20,21)22/h4-5,7-8H,3,6,9-14H2,1-2H3. The van der Waals surface area contributed by atoms with Gasteiger partial charge in [0, 0.05) is 26.8 Å². The van der Waals surface area contributed by atoms with Crippen molar-refractivity contribution in [3.05, 3.63) is 35.4 Å². The van der Waals surface area contributed by atoms with Gasteiger partial charge in [0.1, 0.15) is 0 Å². The van der Waals surface area contributed by atoms with Gasteiger partial charge in [0.05, 0.1) is 17.6 Å². The number of halogens is 3. The highest BCUT2D eigenvalue weighted by Crippen LogP contribution is 2.37. The lowest BCUT2D eigenvalue weighted by Gasteiger charge is -2.41. The Morgan fingerprint density at radius 3 is 2.69 bits per heavy atom. The fourth-order valence-corrected chi connectivity index (χ4v) is 3.59. The zero-order chi connectivity index (χ0) is 19.2. The van der Waals surface area contributed by atoms with Gasteiger partial charge >= 0.3 is 12.1 Å². The van der Waals surface area contributed by atoms with Crippen molar-refractivity contribution in [2.75, 3.05) is 33.4 Å². The van der Waals surface area contributed by atoms with Crippen LogP contribution in [-0.4, -0.2) is 44.3 Å². The number of nitrogens with zero attached hydrogens (tertiary/aromatic N) is 1. The molecule has 1 aromatic rings. The lowest BCUT2D eigenvalue weighted by atomic mass is 9.77. The third-order valence-corrected chi connectivity index (χ3v) is 4.87. The SMILES string of the molecule is CCOC(=O)C1(CCOC)CCCN(Cc2ccccc2C(F)(F)F)C1. The fraction of sp³-hybridized carbons (Fsp3) is 0.632. The Hall–Kier alpha value is -1.60. The van der Waals surface area contributed by atoms with Crippen molar-refractivity contribution in [3.63, 3.8) is 0 Å². The minimum absolute atomic E-state index is 0.157. The second-order valence-corrected chi connectivity index (χ2v) is 6.71. The first-order valence-corrected chi connectivity index (χ1v) is 8.86. The van der Waals surface area contributed by atoms with E-state index in [1.165, 1.54) is 12.1 Å². The summed E-state index contributed by atoms with van der Waals surface area (Å²) in [6, 6.07) is 5.60. The normalized spacial score (nSPS) is 21.6. The van der Waals surface area contributed by atoms with Gasteiger partial charge in [-0.25, -0.2) is 0 Å².